The minimum atomic E-state index is -0.503. The number of hydrogen-bond acceptors (Lipinski definition) is 4. The molecule has 0 bridgehead atoms. The fourth-order valence-corrected chi connectivity index (χ4v) is 3.25. The van der Waals surface area contributed by atoms with Crippen LogP contribution in [0.1, 0.15) is 18.6 Å². The Balaban J connectivity index is 1.70. The first-order valence-electron chi connectivity index (χ1n) is 8.31. The number of ether oxygens (including phenoxy) is 1. The molecule has 3 N–H and O–H groups in total. The molecular weight excluding hydrogens is 367 g/mol. The van der Waals surface area contributed by atoms with Gasteiger partial charge in [-0.3, -0.25) is 4.98 Å². The van der Waals surface area contributed by atoms with Crippen LogP contribution in [-0.2, 0) is 0 Å². The average molecular weight is 383 g/mol. The summed E-state index contributed by atoms with van der Waals surface area (Å²) in [6, 6.07) is 7.87. The standard InChI is InChI=1S/C20H16ClFN4O/c1-11(14-7-13(22)2-3-17(14)21)27-19-6-12(8-26-20(19)23)15-10-25-18-4-5-24-9-16(15)18/h2-11,25H,1H3,(H2,23,26). The molecule has 0 amide bonds. The van der Waals surface area contributed by atoms with E-state index in [2.05, 4.69) is 15.0 Å². The lowest BCUT2D eigenvalue weighted by molar-refractivity contribution is 0.227. The highest BCUT2D eigenvalue weighted by Gasteiger charge is 2.16. The molecule has 27 heavy (non-hydrogen) atoms. The van der Waals surface area contributed by atoms with E-state index in [1.807, 2.05) is 18.3 Å². The number of nitrogens with one attached hydrogen (secondary N) is 1. The Kier molecular flexibility index (Phi) is 4.41. The van der Waals surface area contributed by atoms with E-state index in [9.17, 15) is 4.39 Å². The molecule has 0 aliphatic heterocycles. The molecule has 0 radical (unpaired) electrons. The molecular formula is C20H16ClFN4O. The third-order valence-electron chi connectivity index (χ3n) is 4.38. The maximum atomic E-state index is 13.6. The van der Waals surface area contributed by atoms with Crippen molar-refractivity contribution in [3.63, 3.8) is 0 Å². The zero-order valence-electron chi connectivity index (χ0n) is 14.4. The number of aromatic amines is 1. The van der Waals surface area contributed by atoms with E-state index in [0.717, 1.165) is 22.0 Å². The van der Waals surface area contributed by atoms with Crippen LogP contribution in [0.25, 0.3) is 22.0 Å². The number of aromatic nitrogens is 3. The molecule has 0 aliphatic carbocycles. The van der Waals surface area contributed by atoms with Crippen LogP contribution in [0.4, 0.5) is 10.2 Å². The van der Waals surface area contributed by atoms with Crippen LogP contribution in [0.15, 0.2) is 55.1 Å². The van der Waals surface area contributed by atoms with Crippen molar-refractivity contribution >= 4 is 28.3 Å². The quantitative estimate of drug-likeness (QED) is 0.512. The van der Waals surface area contributed by atoms with Crippen LogP contribution in [0.2, 0.25) is 5.02 Å². The minimum Gasteiger partial charge on any atom is -0.482 e. The van der Waals surface area contributed by atoms with Gasteiger partial charge in [-0.25, -0.2) is 9.37 Å². The van der Waals surface area contributed by atoms with Gasteiger partial charge in [0.2, 0.25) is 0 Å². The van der Waals surface area contributed by atoms with Crippen LogP contribution in [0, 0.1) is 5.82 Å². The number of nitrogens with two attached hydrogens (primary N) is 1. The lowest BCUT2D eigenvalue weighted by Crippen LogP contribution is -2.07. The highest BCUT2D eigenvalue weighted by atomic mass is 35.5. The first kappa shape index (κ1) is 17.3. The summed E-state index contributed by atoms with van der Waals surface area (Å²) < 4.78 is 19.5. The van der Waals surface area contributed by atoms with E-state index >= 15 is 0 Å². The molecule has 0 aliphatic rings. The van der Waals surface area contributed by atoms with Crippen LogP contribution in [0.3, 0.4) is 0 Å². The maximum absolute atomic E-state index is 13.6. The second-order valence-corrected chi connectivity index (χ2v) is 6.56. The van der Waals surface area contributed by atoms with E-state index < -0.39 is 6.10 Å². The Bertz CT molecular complexity index is 1130. The molecule has 5 nitrogen and oxygen atoms in total. The van der Waals surface area contributed by atoms with Crippen molar-refractivity contribution in [3.8, 4) is 16.9 Å². The smallest absolute Gasteiger partial charge is 0.166 e. The van der Waals surface area contributed by atoms with Gasteiger partial charge in [0.15, 0.2) is 11.6 Å². The van der Waals surface area contributed by atoms with Crippen molar-refractivity contribution in [2.75, 3.05) is 5.73 Å². The predicted molar refractivity (Wildman–Crippen MR) is 104 cm³/mol. The van der Waals surface area contributed by atoms with Crippen LogP contribution in [-0.4, -0.2) is 15.0 Å². The molecule has 4 rings (SSSR count). The summed E-state index contributed by atoms with van der Waals surface area (Å²) in [6.45, 7) is 1.78. The van der Waals surface area contributed by atoms with Crippen LogP contribution in [0.5, 0.6) is 5.75 Å². The number of anilines is 1. The highest BCUT2D eigenvalue weighted by molar-refractivity contribution is 6.31. The summed E-state index contributed by atoms with van der Waals surface area (Å²) in [5.74, 6) is 0.269. The predicted octanol–water partition coefficient (Wildman–Crippen LogP) is 5.14. The molecule has 1 unspecified atom stereocenters. The number of hydrogen-bond donors (Lipinski definition) is 2. The van der Waals surface area contributed by atoms with E-state index in [0.29, 0.717) is 16.3 Å². The van der Waals surface area contributed by atoms with Crippen molar-refractivity contribution in [2.45, 2.75) is 13.0 Å². The van der Waals surface area contributed by atoms with Gasteiger partial charge >= 0.3 is 0 Å². The normalized spacial score (nSPS) is 12.3. The van der Waals surface area contributed by atoms with E-state index in [4.69, 9.17) is 22.1 Å². The second kappa shape index (κ2) is 6.89. The first-order valence-corrected chi connectivity index (χ1v) is 8.69. The van der Waals surface area contributed by atoms with Crippen LogP contribution < -0.4 is 10.5 Å². The van der Waals surface area contributed by atoms with Gasteiger partial charge in [0.1, 0.15) is 11.9 Å². The number of pyridine rings is 2. The van der Waals surface area contributed by atoms with Gasteiger partial charge in [-0.2, -0.15) is 0 Å². The molecule has 4 aromatic rings. The fourth-order valence-electron chi connectivity index (χ4n) is 2.98. The third kappa shape index (κ3) is 3.31. The van der Waals surface area contributed by atoms with E-state index in [1.54, 1.807) is 25.5 Å². The Morgan fingerprint density at radius 2 is 2.07 bits per heavy atom. The summed E-state index contributed by atoms with van der Waals surface area (Å²) in [7, 11) is 0. The maximum Gasteiger partial charge on any atom is 0.166 e. The molecule has 1 aromatic carbocycles. The summed E-state index contributed by atoms with van der Waals surface area (Å²) in [5, 5.41) is 1.39. The monoisotopic (exact) mass is 382 g/mol. The Hall–Kier alpha value is -3.12. The number of H-pyrrole nitrogens is 1. The SMILES string of the molecule is CC(Oc1cc(-c2c[nH]c3ccncc23)cnc1N)c1cc(F)ccc1Cl. The number of fused-ring (bicyclic) bond motifs is 1. The Morgan fingerprint density at radius 1 is 1.22 bits per heavy atom. The van der Waals surface area contributed by atoms with Gasteiger partial charge in [0, 0.05) is 57.4 Å². The third-order valence-corrected chi connectivity index (χ3v) is 4.72. The van der Waals surface area contributed by atoms with Gasteiger partial charge in [-0.15, -0.1) is 0 Å². The molecule has 0 spiro atoms. The Labute approximate surface area is 160 Å². The van der Waals surface area contributed by atoms with Gasteiger partial charge in [-0.1, -0.05) is 11.6 Å². The van der Waals surface area contributed by atoms with Crippen molar-refractivity contribution in [2.24, 2.45) is 0 Å². The van der Waals surface area contributed by atoms with Gasteiger partial charge in [0.05, 0.1) is 0 Å². The summed E-state index contributed by atoms with van der Waals surface area (Å²) in [6.07, 6.45) is 6.57. The fraction of sp³-hybridized carbons (Fsp3) is 0.100. The average Bonchev–Trinajstić information content (AvgIpc) is 3.09. The lowest BCUT2D eigenvalue weighted by Gasteiger charge is -2.18. The topological polar surface area (TPSA) is 76.8 Å². The zero-order valence-corrected chi connectivity index (χ0v) is 15.2. The number of rotatable bonds is 4. The van der Waals surface area contributed by atoms with Gasteiger partial charge < -0.3 is 15.5 Å². The molecule has 0 fully saturated rings. The number of halogens is 2. The number of nitrogen functional groups attached to an aromatic ring is 1. The van der Waals surface area contributed by atoms with Gasteiger partial charge in [0.25, 0.3) is 0 Å². The zero-order chi connectivity index (χ0) is 19.0. The second-order valence-electron chi connectivity index (χ2n) is 6.16. The van der Waals surface area contributed by atoms with Gasteiger partial charge in [-0.05, 0) is 37.3 Å². The van der Waals surface area contributed by atoms with Crippen molar-refractivity contribution < 1.29 is 9.13 Å². The highest BCUT2D eigenvalue weighted by Crippen LogP contribution is 2.34. The van der Waals surface area contributed by atoms with E-state index in [-0.39, 0.29) is 11.6 Å². The summed E-state index contributed by atoms with van der Waals surface area (Å²) in [4.78, 5) is 11.6. The molecule has 3 heterocycles. The first-order chi connectivity index (χ1) is 13.0. The molecule has 1 atom stereocenters. The molecule has 3 aromatic heterocycles. The van der Waals surface area contributed by atoms with Crippen molar-refractivity contribution in [3.05, 3.63) is 71.5 Å². The summed E-state index contributed by atoms with van der Waals surface area (Å²) in [5.41, 5.74) is 9.26. The summed E-state index contributed by atoms with van der Waals surface area (Å²) >= 11 is 6.17. The number of nitrogens with zero attached hydrogens (tertiary/aromatic N) is 2. The van der Waals surface area contributed by atoms with Crippen molar-refractivity contribution in [1.82, 2.24) is 15.0 Å². The largest absolute Gasteiger partial charge is 0.482 e. The van der Waals surface area contributed by atoms with E-state index in [1.165, 1.54) is 18.2 Å². The van der Waals surface area contributed by atoms with Crippen molar-refractivity contribution in [1.29, 1.82) is 0 Å². The molecule has 7 heteroatoms. The number of benzene rings is 1. The molecule has 136 valence electrons. The van der Waals surface area contributed by atoms with Crippen LogP contribution >= 0.6 is 11.6 Å². The lowest BCUT2D eigenvalue weighted by atomic mass is 10.1. The Morgan fingerprint density at radius 3 is 2.93 bits per heavy atom. The molecule has 0 saturated carbocycles. The minimum absolute atomic E-state index is 0.246. The molecule has 0 saturated heterocycles.